The van der Waals surface area contributed by atoms with Crippen LogP contribution in [0.25, 0.3) is 0 Å². The van der Waals surface area contributed by atoms with Crippen LogP contribution in [0.2, 0.25) is 0 Å². The maximum Gasteiger partial charge on any atom is 0.417 e. The molecule has 98 valence electrons. The fraction of sp³-hybridized carbons (Fsp3) is 1.00. The Kier molecular flexibility index (Phi) is 6.33. The first-order chi connectivity index (χ1) is 7.45. The van der Waals surface area contributed by atoms with Crippen LogP contribution in [-0.2, 0) is 4.74 Å². The first-order valence-corrected chi connectivity index (χ1v) is 5.68. The van der Waals surface area contributed by atoms with Crippen molar-refractivity contribution in [2.45, 2.75) is 51.3 Å². The van der Waals surface area contributed by atoms with E-state index in [1.165, 1.54) is 0 Å². The van der Waals surface area contributed by atoms with Crippen LogP contribution in [0.5, 0.6) is 0 Å². The summed E-state index contributed by atoms with van der Waals surface area (Å²) in [6.07, 6.45) is -3.63. The van der Waals surface area contributed by atoms with E-state index in [1.807, 2.05) is 13.8 Å². The standard InChI is InChI=1S/C9H15F3O2.C2H6/c1-14-8(9(10,11)12)4-2-7(6-13)3-5-8;1-2/h7,13H,2-6H2,1H3;1-2H3. The number of halogens is 3. The highest BCUT2D eigenvalue weighted by molar-refractivity contribution is 4.92. The third-order valence-electron chi connectivity index (χ3n) is 3.08. The molecular formula is C11H21F3O2. The second-order valence-corrected chi connectivity index (χ2v) is 3.82. The molecule has 1 saturated carbocycles. The van der Waals surface area contributed by atoms with Gasteiger partial charge < -0.3 is 9.84 Å². The Labute approximate surface area is 94.8 Å². The summed E-state index contributed by atoms with van der Waals surface area (Å²) in [6, 6.07) is 0. The molecule has 0 aromatic rings. The minimum Gasteiger partial charge on any atom is -0.396 e. The fourth-order valence-corrected chi connectivity index (χ4v) is 1.93. The molecule has 1 aliphatic rings. The van der Waals surface area contributed by atoms with Crippen LogP contribution in [0.15, 0.2) is 0 Å². The van der Waals surface area contributed by atoms with E-state index < -0.39 is 11.8 Å². The normalized spacial score (nSPS) is 30.6. The second-order valence-electron chi connectivity index (χ2n) is 3.82. The lowest BCUT2D eigenvalue weighted by Crippen LogP contribution is -2.49. The largest absolute Gasteiger partial charge is 0.417 e. The molecule has 0 unspecified atom stereocenters. The van der Waals surface area contributed by atoms with Gasteiger partial charge in [-0.25, -0.2) is 0 Å². The highest BCUT2D eigenvalue weighted by Gasteiger charge is 2.56. The van der Waals surface area contributed by atoms with E-state index >= 15 is 0 Å². The third kappa shape index (κ3) is 3.35. The quantitative estimate of drug-likeness (QED) is 0.806. The van der Waals surface area contributed by atoms with Gasteiger partial charge in [-0.1, -0.05) is 13.8 Å². The lowest BCUT2D eigenvalue weighted by atomic mass is 9.78. The molecule has 0 aromatic heterocycles. The average Bonchev–Trinajstić information content (AvgIpc) is 2.30. The molecule has 0 atom stereocenters. The van der Waals surface area contributed by atoms with Gasteiger partial charge in [0.15, 0.2) is 5.60 Å². The smallest absolute Gasteiger partial charge is 0.396 e. The maximum absolute atomic E-state index is 12.6. The van der Waals surface area contributed by atoms with E-state index in [4.69, 9.17) is 5.11 Å². The second kappa shape index (κ2) is 6.45. The molecule has 1 aliphatic carbocycles. The summed E-state index contributed by atoms with van der Waals surface area (Å²) >= 11 is 0. The summed E-state index contributed by atoms with van der Waals surface area (Å²) < 4.78 is 42.6. The third-order valence-corrected chi connectivity index (χ3v) is 3.08. The van der Waals surface area contributed by atoms with Crippen molar-refractivity contribution in [1.29, 1.82) is 0 Å². The summed E-state index contributed by atoms with van der Waals surface area (Å²) in [5.74, 6) is 0.000579. The Morgan fingerprint density at radius 1 is 1.25 bits per heavy atom. The molecule has 0 spiro atoms. The highest BCUT2D eigenvalue weighted by atomic mass is 19.4. The number of hydrogen-bond acceptors (Lipinski definition) is 2. The van der Waals surface area contributed by atoms with Gasteiger partial charge in [-0.15, -0.1) is 0 Å². The minimum atomic E-state index is -4.30. The van der Waals surface area contributed by atoms with E-state index in [0.29, 0.717) is 12.8 Å². The van der Waals surface area contributed by atoms with Crippen LogP contribution >= 0.6 is 0 Å². The zero-order valence-corrected chi connectivity index (χ0v) is 10.1. The SMILES string of the molecule is CC.COC1(C(F)(F)F)CCC(CO)CC1. The monoisotopic (exact) mass is 242 g/mol. The lowest BCUT2D eigenvalue weighted by Gasteiger charge is -2.39. The van der Waals surface area contributed by atoms with Crippen LogP contribution in [0, 0.1) is 5.92 Å². The fourth-order valence-electron chi connectivity index (χ4n) is 1.93. The number of rotatable bonds is 2. The molecule has 1 rings (SSSR count). The molecule has 0 saturated heterocycles. The summed E-state index contributed by atoms with van der Waals surface area (Å²) in [7, 11) is 1.10. The van der Waals surface area contributed by atoms with E-state index in [-0.39, 0.29) is 25.4 Å². The molecule has 2 nitrogen and oxygen atoms in total. The molecule has 0 aliphatic heterocycles. The van der Waals surface area contributed by atoms with Gasteiger partial charge in [-0.2, -0.15) is 13.2 Å². The van der Waals surface area contributed by atoms with Crippen LogP contribution in [0.4, 0.5) is 13.2 Å². The number of aliphatic hydroxyl groups is 1. The van der Waals surface area contributed by atoms with Crippen molar-refractivity contribution in [3.8, 4) is 0 Å². The predicted octanol–water partition coefficient (Wildman–Crippen LogP) is 3.14. The van der Waals surface area contributed by atoms with Crippen LogP contribution < -0.4 is 0 Å². The topological polar surface area (TPSA) is 29.5 Å². The summed E-state index contributed by atoms with van der Waals surface area (Å²) in [5.41, 5.74) is -1.97. The molecule has 0 amide bonds. The van der Waals surface area contributed by atoms with Crippen molar-refractivity contribution < 1.29 is 23.0 Å². The molecule has 1 N–H and O–H groups in total. The molecule has 0 bridgehead atoms. The Morgan fingerprint density at radius 3 is 1.94 bits per heavy atom. The van der Waals surface area contributed by atoms with Gasteiger partial charge in [-0.05, 0) is 31.6 Å². The Bertz CT molecular complexity index is 184. The molecule has 1 fully saturated rings. The first kappa shape index (κ1) is 15.7. The van der Waals surface area contributed by atoms with Crippen LogP contribution in [0.1, 0.15) is 39.5 Å². The Hall–Kier alpha value is -0.290. The van der Waals surface area contributed by atoms with E-state index in [1.54, 1.807) is 0 Å². The van der Waals surface area contributed by atoms with Crippen LogP contribution in [-0.4, -0.2) is 30.6 Å². The zero-order valence-electron chi connectivity index (χ0n) is 10.1. The molecule has 5 heteroatoms. The average molecular weight is 242 g/mol. The van der Waals surface area contributed by atoms with Crippen molar-refractivity contribution in [3.05, 3.63) is 0 Å². The first-order valence-electron chi connectivity index (χ1n) is 5.68. The number of methoxy groups -OCH3 is 1. The zero-order chi connectivity index (χ0) is 12.8. The van der Waals surface area contributed by atoms with Crippen molar-refractivity contribution in [1.82, 2.24) is 0 Å². The summed E-state index contributed by atoms with van der Waals surface area (Å²) in [5, 5.41) is 8.81. The van der Waals surface area contributed by atoms with Gasteiger partial charge in [0.1, 0.15) is 0 Å². The molecule has 0 radical (unpaired) electrons. The van der Waals surface area contributed by atoms with Crippen molar-refractivity contribution >= 4 is 0 Å². The van der Waals surface area contributed by atoms with Gasteiger partial charge in [0.05, 0.1) is 0 Å². The Balaban J connectivity index is 0.00000106. The number of alkyl halides is 3. The number of hydrogen-bond donors (Lipinski definition) is 1. The minimum absolute atomic E-state index is 0.000579. The number of ether oxygens (including phenoxy) is 1. The van der Waals surface area contributed by atoms with Gasteiger partial charge in [-0.3, -0.25) is 0 Å². The van der Waals surface area contributed by atoms with E-state index in [0.717, 1.165) is 7.11 Å². The van der Waals surface area contributed by atoms with Gasteiger partial charge in [0, 0.05) is 13.7 Å². The van der Waals surface area contributed by atoms with Crippen molar-refractivity contribution in [2.24, 2.45) is 5.92 Å². The van der Waals surface area contributed by atoms with Crippen molar-refractivity contribution in [3.63, 3.8) is 0 Å². The molecule has 16 heavy (non-hydrogen) atoms. The summed E-state index contributed by atoms with van der Waals surface area (Å²) in [6.45, 7) is 3.97. The number of aliphatic hydroxyl groups excluding tert-OH is 1. The van der Waals surface area contributed by atoms with Crippen LogP contribution in [0.3, 0.4) is 0 Å². The Morgan fingerprint density at radius 2 is 1.69 bits per heavy atom. The maximum atomic E-state index is 12.6. The van der Waals surface area contributed by atoms with Crippen molar-refractivity contribution in [2.75, 3.05) is 13.7 Å². The lowest BCUT2D eigenvalue weighted by molar-refractivity contribution is -0.282. The van der Waals surface area contributed by atoms with E-state index in [2.05, 4.69) is 4.74 Å². The molecule has 0 aromatic carbocycles. The van der Waals surface area contributed by atoms with Gasteiger partial charge in [0.2, 0.25) is 0 Å². The van der Waals surface area contributed by atoms with Gasteiger partial charge in [0.25, 0.3) is 0 Å². The van der Waals surface area contributed by atoms with E-state index in [9.17, 15) is 13.2 Å². The highest BCUT2D eigenvalue weighted by Crippen LogP contribution is 2.45. The molecular weight excluding hydrogens is 221 g/mol. The van der Waals surface area contributed by atoms with Gasteiger partial charge >= 0.3 is 6.18 Å². The summed E-state index contributed by atoms with van der Waals surface area (Å²) in [4.78, 5) is 0. The molecule has 0 heterocycles. The predicted molar refractivity (Wildman–Crippen MR) is 56.2 cm³/mol.